The lowest BCUT2D eigenvalue weighted by Gasteiger charge is -2.40. The van der Waals surface area contributed by atoms with Gasteiger partial charge in [-0.1, -0.05) is 12.1 Å². The second-order valence-corrected chi connectivity index (χ2v) is 9.38. The molecule has 2 heterocycles. The number of hydrogen-bond acceptors (Lipinski definition) is 6. The van der Waals surface area contributed by atoms with Crippen molar-refractivity contribution in [3.05, 3.63) is 69.7 Å². The molecular weight excluding hydrogens is 422 g/mol. The Morgan fingerprint density at radius 3 is 2.38 bits per heavy atom. The van der Waals surface area contributed by atoms with E-state index in [4.69, 9.17) is 9.47 Å². The fourth-order valence-corrected chi connectivity index (χ4v) is 4.57. The molecule has 1 aliphatic rings. The van der Waals surface area contributed by atoms with Gasteiger partial charge in [0.05, 0.1) is 30.7 Å². The maximum Gasteiger partial charge on any atom is 0.271 e. The molecule has 1 N–H and O–H groups in total. The molecule has 1 aliphatic heterocycles. The first kappa shape index (κ1) is 22.1. The summed E-state index contributed by atoms with van der Waals surface area (Å²) in [5.74, 6) is 1.60. The minimum atomic E-state index is -0.136. The minimum Gasteiger partial charge on any atom is -0.494 e. The smallest absolute Gasteiger partial charge is 0.271 e. The number of nitrogens with zero attached hydrogens (tertiary/aromatic N) is 2. The lowest BCUT2D eigenvalue weighted by molar-refractivity contribution is 0.0935. The van der Waals surface area contributed by atoms with Crippen LogP contribution in [0.5, 0.6) is 11.5 Å². The molecule has 3 aromatic rings. The molecule has 32 heavy (non-hydrogen) atoms. The molecule has 1 aromatic heterocycles. The summed E-state index contributed by atoms with van der Waals surface area (Å²) in [6.45, 7) is 10.2. The number of carbonyl (C=O) groups is 1. The maximum atomic E-state index is 12.5. The number of amides is 1. The lowest BCUT2D eigenvalue weighted by atomic mass is 10.1. The van der Waals surface area contributed by atoms with E-state index in [1.165, 1.54) is 17.0 Å². The Hall–Kier alpha value is -3.06. The number of thiazole rings is 1. The lowest BCUT2D eigenvalue weighted by Crippen LogP contribution is -2.54. The highest BCUT2D eigenvalue weighted by Gasteiger charge is 2.28. The monoisotopic (exact) mass is 451 g/mol. The molecule has 2 aromatic carbocycles. The van der Waals surface area contributed by atoms with Crippen LogP contribution in [-0.2, 0) is 0 Å². The summed E-state index contributed by atoms with van der Waals surface area (Å²) in [5.41, 5.74) is 2.72. The molecule has 6 nitrogen and oxygen atoms in total. The summed E-state index contributed by atoms with van der Waals surface area (Å²) in [7, 11) is 0. The number of hydrogen-bond donors (Lipinski definition) is 1. The van der Waals surface area contributed by atoms with E-state index in [0.717, 1.165) is 40.0 Å². The van der Waals surface area contributed by atoms with Crippen LogP contribution in [0.25, 0.3) is 0 Å². The molecule has 1 amide bonds. The molecule has 0 aliphatic carbocycles. The third kappa shape index (κ3) is 5.05. The van der Waals surface area contributed by atoms with Gasteiger partial charge < -0.3 is 19.7 Å². The fourth-order valence-electron chi connectivity index (χ4n) is 3.76. The Morgan fingerprint density at radius 2 is 1.78 bits per heavy atom. The van der Waals surface area contributed by atoms with Crippen LogP contribution >= 0.6 is 11.3 Å². The Bertz CT molecular complexity index is 1060. The number of ether oxygens (including phenoxy) is 2. The van der Waals surface area contributed by atoms with E-state index < -0.39 is 0 Å². The van der Waals surface area contributed by atoms with Crippen molar-refractivity contribution in [1.29, 1.82) is 0 Å². The molecule has 0 spiro atoms. The first-order chi connectivity index (χ1) is 15.4. The number of aromatic nitrogens is 1. The number of benzene rings is 2. The van der Waals surface area contributed by atoms with Gasteiger partial charge in [0.15, 0.2) is 0 Å². The largest absolute Gasteiger partial charge is 0.494 e. The van der Waals surface area contributed by atoms with Gasteiger partial charge in [-0.25, -0.2) is 4.98 Å². The predicted molar refractivity (Wildman–Crippen MR) is 128 cm³/mol. The zero-order valence-corrected chi connectivity index (χ0v) is 19.7. The molecule has 1 atom stereocenters. The highest BCUT2D eigenvalue weighted by molar-refractivity contribution is 7.11. The average Bonchev–Trinajstić information content (AvgIpc) is 3.10. The number of aryl methyl sites for hydroxylation is 2. The highest BCUT2D eigenvalue weighted by Crippen LogP contribution is 2.27. The number of carbonyl (C=O) groups excluding carboxylic acids is 1. The number of anilines is 1. The van der Waals surface area contributed by atoms with E-state index in [-0.39, 0.29) is 18.1 Å². The van der Waals surface area contributed by atoms with E-state index in [0.29, 0.717) is 12.3 Å². The molecule has 1 unspecified atom stereocenters. The van der Waals surface area contributed by atoms with Crippen LogP contribution in [0.3, 0.4) is 0 Å². The van der Waals surface area contributed by atoms with Gasteiger partial charge in [-0.2, -0.15) is 0 Å². The van der Waals surface area contributed by atoms with Gasteiger partial charge in [0.25, 0.3) is 5.91 Å². The van der Waals surface area contributed by atoms with Crippen molar-refractivity contribution in [1.82, 2.24) is 10.3 Å². The topological polar surface area (TPSA) is 63.7 Å². The number of rotatable bonds is 8. The van der Waals surface area contributed by atoms with Crippen molar-refractivity contribution >= 4 is 22.9 Å². The van der Waals surface area contributed by atoms with Crippen LogP contribution in [-0.4, -0.2) is 36.7 Å². The summed E-state index contributed by atoms with van der Waals surface area (Å²) in [6, 6.07) is 16.0. The maximum absolute atomic E-state index is 12.5. The van der Waals surface area contributed by atoms with E-state index in [2.05, 4.69) is 27.3 Å². The molecule has 7 heteroatoms. The van der Waals surface area contributed by atoms with E-state index in [1.807, 2.05) is 64.1 Å². The second kappa shape index (κ2) is 9.61. The molecule has 0 radical (unpaired) electrons. The zero-order chi connectivity index (χ0) is 22.7. The van der Waals surface area contributed by atoms with Crippen molar-refractivity contribution in [2.24, 2.45) is 0 Å². The second-order valence-electron chi connectivity index (χ2n) is 7.97. The van der Waals surface area contributed by atoms with Crippen molar-refractivity contribution in [2.75, 3.05) is 24.6 Å². The van der Waals surface area contributed by atoms with Gasteiger partial charge in [0.1, 0.15) is 23.3 Å². The van der Waals surface area contributed by atoms with Gasteiger partial charge in [-0.15, -0.1) is 11.3 Å². The van der Waals surface area contributed by atoms with Gasteiger partial charge in [0, 0.05) is 10.6 Å². The van der Waals surface area contributed by atoms with E-state index in [9.17, 15) is 4.79 Å². The van der Waals surface area contributed by atoms with E-state index >= 15 is 0 Å². The first-order valence-corrected chi connectivity index (χ1v) is 11.7. The van der Waals surface area contributed by atoms with E-state index in [1.54, 1.807) is 0 Å². The Balaban J connectivity index is 1.27. The molecule has 4 rings (SSSR count). The van der Waals surface area contributed by atoms with Gasteiger partial charge in [-0.3, -0.25) is 4.79 Å². The van der Waals surface area contributed by atoms with Crippen LogP contribution in [0.4, 0.5) is 5.69 Å². The van der Waals surface area contributed by atoms with Crippen LogP contribution in [0.2, 0.25) is 0 Å². The SMILES string of the molecule is CCOc1ccc(N2CC(Oc3ccc(C(C)NC(=O)c4nc(C)sc4C)cc3)C2)cc1. The standard InChI is InChI=1S/C25H29N3O3S/c1-5-30-21-12-8-20(9-13-21)28-14-23(15-28)31-22-10-6-19(7-11-22)16(2)26-25(29)24-17(3)32-18(4)27-24/h6-13,16,23H,5,14-15H2,1-4H3,(H,26,29). The predicted octanol–water partition coefficient (Wildman–Crippen LogP) is 4.92. The highest BCUT2D eigenvalue weighted by atomic mass is 32.1. The fraction of sp³-hybridized carbons (Fsp3) is 0.360. The quantitative estimate of drug-likeness (QED) is 0.527. The molecular formula is C25H29N3O3S. The summed E-state index contributed by atoms with van der Waals surface area (Å²) in [5, 5.41) is 3.94. The van der Waals surface area contributed by atoms with Gasteiger partial charge in [-0.05, 0) is 69.7 Å². The average molecular weight is 452 g/mol. The van der Waals surface area contributed by atoms with Crippen LogP contribution in [0.15, 0.2) is 48.5 Å². The normalized spacial score (nSPS) is 14.6. The summed E-state index contributed by atoms with van der Waals surface area (Å²) in [4.78, 5) is 20.1. The van der Waals surface area contributed by atoms with Crippen LogP contribution in [0, 0.1) is 13.8 Å². The zero-order valence-electron chi connectivity index (χ0n) is 18.9. The van der Waals surface area contributed by atoms with Crippen molar-refractivity contribution < 1.29 is 14.3 Å². The van der Waals surface area contributed by atoms with Crippen molar-refractivity contribution in [3.8, 4) is 11.5 Å². The Morgan fingerprint density at radius 1 is 1.12 bits per heavy atom. The van der Waals surface area contributed by atoms with Gasteiger partial charge >= 0.3 is 0 Å². The summed E-state index contributed by atoms with van der Waals surface area (Å²) in [6.07, 6.45) is 0.167. The van der Waals surface area contributed by atoms with Crippen LogP contribution in [0.1, 0.15) is 45.8 Å². The molecule has 1 fully saturated rings. The van der Waals surface area contributed by atoms with Crippen molar-refractivity contribution in [3.63, 3.8) is 0 Å². The Labute approximate surface area is 193 Å². The van der Waals surface area contributed by atoms with Gasteiger partial charge in [0.2, 0.25) is 0 Å². The minimum absolute atomic E-state index is 0.114. The Kier molecular flexibility index (Phi) is 6.65. The van der Waals surface area contributed by atoms with Crippen LogP contribution < -0.4 is 19.7 Å². The third-order valence-corrected chi connectivity index (χ3v) is 6.40. The molecule has 0 saturated carbocycles. The molecule has 168 valence electrons. The number of nitrogens with one attached hydrogen (secondary N) is 1. The molecule has 1 saturated heterocycles. The third-order valence-electron chi connectivity index (χ3n) is 5.51. The summed E-state index contributed by atoms with van der Waals surface area (Å²) < 4.78 is 11.6. The molecule has 0 bridgehead atoms. The first-order valence-electron chi connectivity index (χ1n) is 10.9. The summed E-state index contributed by atoms with van der Waals surface area (Å²) >= 11 is 1.54. The van der Waals surface area contributed by atoms with Crippen molar-refractivity contribution in [2.45, 2.75) is 39.8 Å².